The summed E-state index contributed by atoms with van der Waals surface area (Å²) in [5.74, 6) is 0. The van der Waals surface area contributed by atoms with Gasteiger partial charge in [0.25, 0.3) is 0 Å². The standard InChI is InChI=1S/C9H18N/c1-4-10-7-5-6-9(2,3)8-10/h6H,4-5,7-8H2,1-3H3. The fraction of sp³-hybridized carbons (Fsp3) is 0.889. The number of piperidine rings is 1. The van der Waals surface area contributed by atoms with Crippen molar-refractivity contribution in [1.29, 1.82) is 0 Å². The molecule has 1 heterocycles. The summed E-state index contributed by atoms with van der Waals surface area (Å²) >= 11 is 0. The average molecular weight is 140 g/mol. The molecule has 0 aromatic rings. The molecule has 0 N–H and O–H groups in total. The Morgan fingerprint density at radius 3 is 2.60 bits per heavy atom. The molecule has 1 rings (SSSR count). The molecule has 0 bridgehead atoms. The third-order valence-corrected chi connectivity index (χ3v) is 2.22. The van der Waals surface area contributed by atoms with E-state index in [1.165, 1.54) is 26.1 Å². The molecule has 1 aliphatic heterocycles. The molecule has 0 aliphatic carbocycles. The van der Waals surface area contributed by atoms with Crippen molar-refractivity contribution in [3.8, 4) is 0 Å². The molecule has 0 aromatic carbocycles. The van der Waals surface area contributed by atoms with Crippen LogP contribution < -0.4 is 0 Å². The smallest absolute Gasteiger partial charge is 0.00353 e. The number of rotatable bonds is 1. The van der Waals surface area contributed by atoms with Gasteiger partial charge in [-0.15, -0.1) is 0 Å². The number of nitrogens with zero attached hydrogens (tertiary/aromatic N) is 1. The Labute approximate surface area is 64.4 Å². The molecule has 10 heavy (non-hydrogen) atoms. The first-order chi connectivity index (χ1) is 4.64. The number of hydrogen-bond acceptors (Lipinski definition) is 1. The SMILES string of the molecule is CCN1CC[CH]C(C)(C)C1. The van der Waals surface area contributed by atoms with Crippen molar-refractivity contribution in [2.45, 2.75) is 27.2 Å². The average Bonchev–Trinajstić information content (AvgIpc) is 1.86. The molecular weight excluding hydrogens is 122 g/mol. The van der Waals surface area contributed by atoms with Gasteiger partial charge in [0, 0.05) is 6.54 Å². The van der Waals surface area contributed by atoms with Crippen molar-refractivity contribution < 1.29 is 0 Å². The summed E-state index contributed by atoms with van der Waals surface area (Å²) < 4.78 is 0. The zero-order valence-corrected chi connectivity index (χ0v) is 7.35. The second kappa shape index (κ2) is 2.91. The van der Waals surface area contributed by atoms with Crippen molar-refractivity contribution in [3.05, 3.63) is 6.42 Å². The zero-order chi connectivity index (χ0) is 7.61. The molecule has 0 amide bonds. The van der Waals surface area contributed by atoms with Crippen LogP contribution in [0.1, 0.15) is 27.2 Å². The predicted molar refractivity (Wildman–Crippen MR) is 44.8 cm³/mol. The summed E-state index contributed by atoms with van der Waals surface area (Å²) in [5.41, 5.74) is 0.453. The van der Waals surface area contributed by atoms with Crippen molar-refractivity contribution in [3.63, 3.8) is 0 Å². The summed E-state index contributed by atoms with van der Waals surface area (Å²) in [5, 5.41) is 0. The highest BCUT2D eigenvalue weighted by Gasteiger charge is 2.25. The molecule has 1 aliphatic rings. The van der Waals surface area contributed by atoms with Gasteiger partial charge >= 0.3 is 0 Å². The lowest BCUT2D eigenvalue weighted by Crippen LogP contribution is -2.40. The summed E-state index contributed by atoms with van der Waals surface area (Å²) in [7, 11) is 0. The molecule has 1 saturated heterocycles. The van der Waals surface area contributed by atoms with E-state index in [-0.39, 0.29) is 0 Å². The first kappa shape index (κ1) is 8.06. The van der Waals surface area contributed by atoms with Crippen molar-refractivity contribution in [2.75, 3.05) is 19.6 Å². The van der Waals surface area contributed by atoms with E-state index in [4.69, 9.17) is 0 Å². The third-order valence-electron chi connectivity index (χ3n) is 2.22. The predicted octanol–water partition coefficient (Wildman–Crippen LogP) is 1.94. The second-order valence-electron chi connectivity index (χ2n) is 3.85. The molecule has 0 unspecified atom stereocenters. The molecule has 0 aromatic heterocycles. The topological polar surface area (TPSA) is 3.24 Å². The molecular formula is C9H18N. The van der Waals surface area contributed by atoms with Crippen LogP contribution in [0.15, 0.2) is 0 Å². The van der Waals surface area contributed by atoms with Gasteiger partial charge in [-0.2, -0.15) is 0 Å². The minimum atomic E-state index is 0.453. The van der Waals surface area contributed by atoms with Crippen LogP contribution in [0.2, 0.25) is 0 Å². The van der Waals surface area contributed by atoms with Crippen molar-refractivity contribution in [2.24, 2.45) is 5.41 Å². The van der Waals surface area contributed by atoms with E-state index in [1.54, 1.807) is 0 Å². The quantitative estimate of drug-likeness (QED) is 0.538. The normalized spacial score (nSPS) is 26.7. The molecule has 0 atom stereocenters. The van der Waals surface area contributed by atoms with Crippen LogP contribution in [0.4, 0.5) is 0 Å². The van der Waals surface area contributed by atoms with Crippen LogP contribution in [0.3, 0.4) is 0 Å². The highest BCUT2D eigenvalue weighted by Crippen LogP contribution is 2.26. The summed E-state index contributed by atoms with van der Waals surface area (Å²) in [6, 6.07) is 0. The van der Waals surface area contributed by atoms with Crippen LogP contribution in [0, 0.1) is 11.8 Å². The lowest BCUT2D eigenvalue weighted by atomic mass is 9.84. The molecule has 59 valence electrons. The Bertz CT molecular complexity index is 107. The van der Waals surface area contributed by atoms with E-state index in [1.807, 2.05) is 0 Å². The fourth-order valence-corrected chi connectivity index (χ4v) is 1.63. The summed E-state index contributed by atoms with van der Waals surface area (Å²) in [6.07, 6.45) is 3.71. The van der Waals surface area contributed by atoms with Gasteiger partial charge in [-0.05, 0) is 31.3 Å². The van der Waals surface area contributed by atoms with Crippen LogP contribution in [-0.2, 0) is 0 Å². The van der Waals surface area contributed by atoms with Crippen molar-refractivity contribution in [1.82, 2.24) is 4.90 Å². The van der Waals surface area contributed by atoms with Gasteiger partial charge in [0.05, 0.1) is 0 Å². The molecule has 0 spiro atoms. The largest absolute Gasteiger partial charge is 0.303 e. The Kier molecular flexibility index (Phi) is 2.35. The van der Waals surface area contributed by atoms with Crippen LogP contribution in [0.5, 0.6) is 0 Å². The minimum Gasteiger partial charge on any atom is -0.303 e. The van der Waals surface area contributed by atoms with Crippen LogP contribution in [0.25, 0.3) is 0 Å². The summed E-state index contributed by atoms with van der Waals surface area (Å²) in [6.45, 7) is 10.6. The maximum Gasteiger partial charge on any atom is 0.00353 e. The van der Waals surface area contributed by atoms with Crippen LogP contribution in [-0.4, -0.2) is 24.5 Å². The monoisotopic (exact) mass is 140 g/mol. The Hall–Kier alpha value is -0.0400. The Balaban J connectivity index is 2.40. The van der Waals surface area contributed by atoms with E-state index >= 15 is 0 Å². The molecule has 1 heteroatoms. The van der Waals surface area contributed by atoms with E-state index in [9.17, 15) is 0 Å². The van der Waals surface area contributed by atoms with E-state index in [0.717, 1.165) is 0 Å². The van der Waals surface area contributed by atoms with Crippen LogP contribution >= 0.6 is 0 Å². The number of likely N-dealkylation sites (tertiary alicyclic amines) is 1. The first-order valence-corrected chi connectivity index (χ1v) is 4.21. The van der Waals surface area contributed by atoms with Gasteiger partial charge in [-0.3, -0.25) is 0 Å². The van der Waals surface area contributed by atoms with Gasteiger partial charge in [0.15, 0.2) is 0 Å². The fourth-order valence-electron chi connectivity index (χ4n) is 1.63. The lowest BCUT2D eigenvalue weighted by Gasteiger charge is -2.37. The van der Waals surface area contributed by atoms with Gasteiger partial charge in [0.1, 0.15) is 0 Å². The van der Waals surface area contributed by atoms with E-state index < -0.39 is 0 Å². The molecule has 1 fully saturated rings. The summed E-state index contributed by atoms with van der Waals surface area (Å²) in [4.78, 5) is 2.51. The molecule has 1 nitrogen and oxygen atoms in total. The van der Waals surface area contributed by atoms with E-state index in [2.05, 4.69) is 32.1 Å². The maximum absolute atomic E-state index is 2.51. The van der Waals surface area contributed by atoms with Gasteiger partial charge in [-0.25, -0.2) is 0 Å². The second-order valence-corrected chi connectivity index (χ2v) is 3.85. The minimum absolute atomic E-state index is 0.453. The van der Waals surface area contributed by atoms with Crippen molar-refractivity contribution >= 4 is 0 Å². The maximum atomic E-state index is 2.51. The highest BCUT2D eigenvalue weighted by molar-refractivity contribution is 4.92. The Morgan fingerprint density at radius 1 is 1.50 bits per heavy atom. The first-order valence-electron chi connectivity index (χ1n) is 4.21. The third kappa shape index (κ3) is 1.98. The zero-order valence-electron chi connectivity index (χ0n) is 7.35. The lowest BCUT2D eigenvalue weighted by molar-refractivity contribution is 0.169. The van der Waals surface area contributed by atoms with E-state index in [0.29, 0.717) is 5.41 Å². The molecule has 0 saturated carbocycles. The Morgan fingerprint density at radius 2 is 2.20 bits per heavy atom. The van der Waals surface area contributed by atoms with Gasteiger partial charge < -0.3 is 4.90 Å². The van der Waals surface area contributed by atoms with Gasteiger partial charge in [-0.1, -0.05) is 20.8 Å². The number of hydrogen-bond donors (Lipinski definition) is 0. The molecule has 1 radical (unpaired) electrons. The highest BCUT2D eigenvalue weighted by atomic mass is 15.1. The van der Waals surface area contributed by atoms with Gasteiger partial charge in [0.2, 0.25) is 0 Å².